The lowest BCUT2D eigenvalue weighted by molar-refractivity contribution is -0.137. The molecule has 0 aliphatic carbocycles. The molecule has 0 aliphatic heterocycles. The summed E-state index contributed by atoms with van der Waals surface area (Å²) in [7, 11) is 3.96. The molecule has 5 heteroatoms. The number of benzene rings is 2. The zero-order chi connectivity index (χ0) is 16.2. The molecule has 0 bridgehead atoms. The topological polar surface area (TPSA) is 15.3 Å². The fourth-order valence-electron chi connectivity index (χ4n) is 2.09. The molecule has 0 aromatic heterocycles. The summed E-state index contributed by atoms with van der Waals surface area (Å²) in [5.41, 5.74) is 2.39. The maximum atomic E-state index is 12.5. The highest BCUT2D eigenvalue weighted by atomic mass is 19.4. The molecular formula is C17H19F3N2. The quantitative estimate of drug-likeness (QED) is 0.879. The Labute approximate surface area is 128 Å². The third-order valence-corrected chi connectivity index (χ3v) is 3.41. The Morgan fingerprint density at radius 1 is 0.909 bits per heavy atom. The third-order valence-electron chi connectivity index (χ3n) is 3.41. The summed E-state index contributed by atoms with van der Waals surface area (Å²) in [6.45, 7) is 0.673. The van der Waals surface area contributed by atoms with Gasteiger partial charge in [-0.2, -0.15) is 13.2 Å². The lowest BCUT2D eigenvalue weighted by atomic mass is 10.1. The first-order chi connectivity index (χ1) is 10.4. The van der Waals surface area contributed by atoms with Crippen LogP contribution in [0.2, 0.25) is 0 Å². The summed E-state index contributed by atoms with van der Waals surface area (Å²) < 4.78 is 37.4. The maximum Gasteiger partial charge on any atom is 0.416 e. The predicted molar refractivity (Wildman–Crippen MR) is 84.4 cm³/mol. The van der Waals surface area contributed by atoms with Crippen molar-refractivity contribution in [3.63, 3.8) is 0 Å². The summed E-state index contributed by atoms with van der Waals surface area (Å²) in [5, 5.41) is 3.26. The van der Waals surface area contributed by atoms with Crippen LogP contribution in [0.1, 0.15) is 11.1 Å². The second kappa shape index (κ2) is 6.73. The van der Waals surface area contributed by atoms with E-state index in [4.69, 9.17) is 0 Å². The fraction of sp³-hybridized carbons (Fsp3) is 0.294. The second-order valence-electron chi connectivity index (χ2n) is 5.31. The van der Waals surface area contributed by atoms with Crippen LogP contribution in [0, 0.1) is 0 Å². The lowest BCUT2D eigenvalue weighted by Gasteiger charge is -2.13. The maximum absolute atomic E-state index is 12.5. The molecule has 0 saturated carbocycles. The van der Waals surface area contributed by atoms with Crippen LogP contribution in [0.3, 0.4) is 0 Å². The highest BCUT2D eigenvalue weighted by molar-refractivity contribution is 5.54. The van der Waals surface area contributed by atoms with Gasteiger partial charge in [-0.25, -0.2) is 0 Å². The Balaban J connectivity index is 1.86. The van der Waals surface area contributed by atoms with Gasteiger partial charge in [-0.1, -0.05) is 12.1 Å². The normalized spacial score (nSPS) is 11.3. The number of hydrogen-bond acceptors (Lipinski definition) is 2. The molecule has 0 aliphatic rings. The second-order valence-corrected chi connectivity index (χ2v) is 5.31. The average molecular weight is 308 g/mol. The van der Waals surface area contributed by atoms with Crippen LogP contribution in [-0.4, -0.2) is 20.6 Å². The van der Waals surface area contributed by atoms with Crippen LogP contribution in [0.25, 0.3) is 0 Å². The zero-order valence-corrected chi connectivity index (χ0v) is 12.6. The smallest absolute Gasteiger partial charge is 0.385 e. The van der Waals surface area contributed by atoms with Crippen molar-refractivity contribution < 1.29 is 13.2 Å². The molecule has 0 saturated heterocycles. The van der Waals surface area contributed by atoms with Crippen LogP contribution in [-0.2, 0) is 12.6 Å². The molecule has 22 heavy (non-hydrogen) atoms. The number of rotatable bonds is 5. The molecule has 0 unspecified atom stereocenters. The van der Waals surface area contributed by atoms with Crippen molar-refractivity contribution >= 4 is 11.4 Å². The van der Waals surface area contributed by atoms with E-state index in [1.54, 1.807) is 0 Å². The molecule has 2 nitrogen and oxygen atoms in total. The van der Waals surface area contributed by atoms with Gasteiger partial charge in [0.1, 0.15) is 0 Å². The van der Waals surface area contributed by atoms with Crippen LogP contribution in [0.5, 0.6) is 0 Å². The van der Waals surface area contributed by atoms with E-state index in [-0.39, 0.29) is 0 Å². The van der Waals surface area contributed by atoms with Crippen LogP contribution < -0.4 is 10.2 Å². The van der Waals surface area contributed by atoms with Gasteiger partial charge in [0.2, 0.25) is 0 Å². The van der Waals surface area contributed by atoms with Crippen molar-refractivity contribution in [3.8, 4) is 0 Å². The van der Waals surface area contributed by atoms with Gasteiger partial charge in [0.25, 0.3) is 0 Å². The van der Waals surface area contributed by atoms with E-state index in [0.717, 1.165) is 29.1 Å². The minimum atomic E-state index is -4.27. The van der Waals surface area contributed by atoms with Crippen molar-refractivity contribution in [2.45, 2.75) is 12.6 Å². The van der Waals surface area contributed by atoms with Crippen molar-refractivity contribution in [2.75, 3.05) is 30.9 Å². The van der Waals surface area contributed by atoms with Gasteiger partial charge < -0.3 is 10.2 Å². The summed E-state index contributed by atoms with van der Waals surface area (Å²) in [4.78, 5) is 2.02. The standard InChI is InChI=1S/C17H19F3N2/c1-22(2)16-9-7-15(8-10-16)21-12-11-13-3-5-14(6-4-13)17(18,19)20/h3-10,21H,11-12H2,1-2H3. The van der Waals surface area contributed by atoms with E-state index < -0.39 is 11.7 Å². The Morgan fingerprint density at radius 3 is 2.00 bits per heavy atom. The van der Waals surface area contributed by atoms with Gasteiger partial charge in [0.15, 0.2) is 0 Å². The van der Waals surface area contributed by atoms with E-state index >= 15 is 0 Å². The Hall–Kier alpha value is -2.17. The molecule has 2 aromatic rings. The van der Waals surface area contributed by atoms with Gasteiger partial charge in [-0.15, -0.1) is 0 Å². The van der Waals surface area contributed by atoms with E-state index in [1.807, 2.05) is 43.3 Å². The van der Waals surface area contributed by atoms with Crippen molar-refractivity contribution in [1.82, 2.24) is 0 Å². The van der Waals surface area contributed by atoms with E-state index in [0.29, 0.717) is 13.0 Å². The summed E-state index contributed by atoms with van der Waals surface area (Å²) in [5.74, 6) is 0. The number of halogens is 3. The molecule has 0 radical (unpaired) electrons. The molecule has 0 heterocycles. The highest BCUT2D eigenvalue weighted by Crippen LogP contribution is 2.29. The van der Waals surface area contributed by atoms with Crippen molar-refractivity contribution in [2.24, 2.45) is 0 Å². The molecule has 0 fully saturated rings. The number of nitrogens with zero attached hydrogens (tertiary/aromatic N) is 1. The van der Waals surface area contributed by atoms with Crippen molar-refractivity contribution in [1.29, 1.82) is 0 Å². The first kappa shape index (κ1) is 16.2. The molecule has 2 aromatic carbocycles. The predicted octanol–water partition coefficient (Wildman–Crippen LogP) is 4.43. The van der Waals surface area contributed by atoms with E-state index in [9.17, 15) is 13.2 Å². The molecule has 0 amide bonds. The number of hydrogen-bond donors (Lipinski definition) is 1. The third kappa shape index (κ3) is 4.41. The first-order valence-electron chi connectivity index (χ1n) is 7.03. The molecule has 2 rings (SSSR count). The largest absolute Gasteiger partial charge is 0.416 e. The van der Waals surface area contributed by atoms with Gasteiger partial charge in [0.05, 0.1) is 5.56 Å². The fourth-order valence-corrected chi connectivity index (χ4v) is 2.09. The van der Waals surface area contributed by atoms with Gasteiger partial charge >= 0.3 is 6.18 Å². The SMILES string of the molecule is CN(C)c1ccc(NCCc2ccc(C(F)(F)F)cc2)cc1. The number of nitrogens with one attached hydrogen (secondary N) is 1. The van der Waals surface area contributed by atoms with E-state index in [2.05, 4.69) is 5.32 Å². The Bertz CT molecular complexity index is 587. The van der Waals surface area contributed by atoms with Crippen LogP contribution in [0.4, 0.5) is 24.5 Å². The molecule has 0 atom stereocenters. The van der Waals surface area contributed by atoms with Gasteiger partial charge in [-0.3, -0.25) is 0 Å². The average Bonchev–Trinajstić information content (AvgIpc) is 2.47. The lowest BCUT2D eigenvalue weighted by Crippen LogP contribution is -2.09. The van der Waals surface area contributed by atoms with Crippen LogP contribution >= 0.6 is 0 Å². The summed E-state index contributed by atoms with van der Waals surface area (Å²) in [6, 6.07) is 13.3. The van der Waals surface area contributed by atoms with Gasteiger partial charge in [0, 0.05) is 32.0 Å². The Kier molecular flexibility index (Phi) is 4.96. The molecule has 118 valence electrons. The molecule has 0 spiro atoms. The minimum Gasteiger partial charge on any atom is -0.385 e. The van der Waals surface area contributed by atoms with Crippen LogP contribution in [0.15, 0.2) is 48.5 Å². The van der Waals surface area contributed by atoms with E-state index in [1.165, 1.54) is 12.1 Å². The minimum absolute atomic E-state index is 0.608. The number of anilines is 2. The zero-order valence-electron chi connectivity index (χ0n) is 12.6. The Morgan fingerprint density at radius 2 is 1.50 bits per heavy atom. The monoisotopic (exact) mass is 308 g/mol. The highest BCUT2D eigenvalue weighted by Gasteiger charge is 2.29. The molecule has 1 N–H and O–H groups in total. The number of alkyl halides is 3. The van der Waals surface area contributed by atoms with Gasteiger partial charge in [-0.05, 0) is 48.4 Å². The summed E-state index contributed by atoms with van der Waals surface area (Å²) in [6.07, 6.45) is -3.60. The van der Waals surface area contributed by atoms with Crippen molar-refractivity contribution in [3.05, 3.63) is 59.7 Å². The first-order valence-corrected chi connectivity index (χ1v) is 7.03. The molecular weight excluding hydrogens is 289 g/mol. The summed E-state index contributed by atoms with van der Waals surface area (Å²) >= 11 is 0.